The van der Waals surface area contributed by atoms with Crippen molar-refractivity contribution in [2.24, 2.45) is 0 Å². The van der Waals surface area contributed by atoms with Crippen LogP contribution in [0.25, 0.3) is 0 Å². The number of nitrogens with one attached hydrogen (secondary N) is 1. The molecule has 0 aromatic carbocycles. The van der Waals surface area contributed by atoms with Gasteiger partial charge in [-0.1, -0.05) is 6.92 Å². The largest absolute Gasteiger partial charge is 0.472 e. The van der Waals surface area contributed by atoms with Crippen molar-refractivity contribution in [3.63, 3.8) is 0 Å². The Hall–Kier alpha value is -1.55. The van der Waals surface area contributed by atoms with E-state index in [0.29, 0.717) is 0 Å². The van der Waals surface area contributed by atoms with Crippen LogP contribution in [0.5, 0.6) is 0 Å². The molecule has 0 spiro atoms. The number of hydrogen-bond acceptors (Lipinski definition) is 3. The van der Waals surface area contributed by atoms with Crippen LogP contribution in [0.3, 0.4) is 0 Å². The van der Waals surface area contributed by atoms with Gasteiger partial charge in [-0.15, -0.1) is 0 Å². The Bertz CT molecular complexity index is 433. The molecule has 0 saturated carbocycles. The Kier molecular flexibility index (Phi) is 3.98. The molecule has 0 fully saturated rings. The molecule has 2 aromatic rings. The second kappa shape index (κ2) is 5.68. The third-order valence-corrected chi connectivity index (χ3v) is 2.93. The van der Waals surface area contributed by atoms with Crippen LogP contribution in [-0.2, 0) is 13.0 Å². The number of likely N-dealkylation sites (N-methyl/N-ethyl adjacent to an activating group) is 1. The lowest BCUT2D eigenvalue weighted by molar-refractivity contribution is 0.507. The van der Waals surface area contributed by atoms with Crippen molar-refractivity contribution in [2.45, 2.75) is 32.9 Å². The molecule has 0 aliphatic rings. The number of aromatic nitrogens is 2. The van der Waals surface area contributed by atoms with Gasteiger partial charge in [0, 0.05) is 37.0 Å². The summed E-state index contributed by atoms with van der Waals surface area (Å²) in [4.78, 5) is 4.41. The number of rotatable bonds is 6. The highest BCUT2D eigenvalue weighted by molar-refractivity contribution is 5.14. The number of imidazole rings is 1. The van der Waals surface area contributed by atoms with Crippen molar-refractivity contribution in [3.8, 4) is 0 Å². The molecule has 92 valence electrons. The van der Waals surface area contributed by atoms with Gasteiger partial charge in [0.2, 0.25) is 0 Å². The van der Waals surface area contributed by atoms with Gasteiger partial charge in [0.15, 0.2) is 0 Å². The van der Waals surface area contributed by atoms with Crippen LogP contribution in [0.15, 0.2) is 35.4 Å². The van der Waals surface area contributed by atoms with Gasteiger partial charge >= 0.3 is 0 Å². The number of hydrogen-bond donors (Lipinski definition) is 1. The summed E-state index contributed by atoms with van der Waals surface area (Å²) in [6.45, 7) is 6.13. The summed E-state index contributed by atoms with van der Waals surface area (Å²) in [5.41, 5.74) is 1.18. The fourth-order valence-electron chi connectivity index (χ4n) is 2.03. The Labute approximate surface area is 102 Å². The van der Waals surface area contributed by atoms with Crippen LogP contribution < -0.4 is 5.32 Å². The fraction of sp³-hybridized carbons (Fsp3) is 0.462. The molecule has 4 heteroatoms. The van der Waals surface area contributed by atoms with E-state index in [1.807, 2.05) is 18.5 Å². The molecule has 2 heterocycles. The quantitative estimate of drug-likeness (QED) is 0.833. The number of furan rings is 1. The van der Waals surface area contributed by atoms with E-state index in [1.54, 1.807) is 12.5 Å². The van der Waals surface area contributed by atoms with Crippen LogP contribution in [0.1, 0.15) is 31.3 Å². The van der Waals surface area contributed by atoms with E-state index in [4.69, 9.17) is 4.42 Å². The summed E-state index contributed by atoms with van der Waals surface area (Å²) in [6, 6.07) is 2.28. The van der Waals surface area contributed by atoms with Gasteiger partial charge in [-0.2, -0.15) is 0 Å². The Morgan fingerprint density at radius 3 is 3.00 bits per heavy atom. The Morgan fingerprint density at radius 2 is 2.35 bits per heavy atom. The summed E-state index contributed by atoms with van der Waals surface area (Å²) in [5, 5.41) is 3.46. The lowest BCUT2D eigenvalue weighted by atomic mass is 10.1. The first kappa shape index (κ1) is 11.9. The van der Waals surface area contributed by atoms with E-state index in [0.717, 1.165) is 25.3 Å². The second-order valence-corrected chi connectivity index (χ2v) is 4.00. The molecule has 17 heavy (non-hydrogen) atoms. The smallest absolute Gasteiger partial charge is 0.110 e. The molecule has 0 radical (unpaired) electrons. The second-order valence-electron chi connectivity index (χ2n) is 4.00. The molecular weight excluding hydrogens is 214 g/mol. The van der Waals surface area contributed by atoms with E-state index >= 15 is 0 Å². The third-order valence-electron chi connectivity index (χ3n) is 2.93. The zero-order valence-corrected chi connectivity index (χ0v) is 10.4. The molecule has 0 bridgehead atoms. The van der Waals surface area contributed by atoms with E-state index in [-0.39, 0.29) is 6.04 Å². The maximum Gasteiger partial charge on any atom is 0.110 e. The van der Waals surface area contributed by atoms with Gasteiger partial charge in [-0.05, 0) is 19.5 Å². The highest BCUT2D eigenvalue weighted by atomic mass is 16.3. The zero-order valence-electron chi connectivity index (χ0n) is 10.4. The maximum absolute atomic E-state index is 5.15. The summed E-state index contributed by atoms with van der Waals surface area (Å²) >= 11 is 0. The van der Waals surface area contributed by atoms with E-state index in [1.165, 1.54) is 5.56 Å². The molecule has 0 amide bonds. The molecule has 0 aliphatic heterocycles. The van der Waals surface area contributed by atoms with Gasteiger partial charge in [0.1, 0.15) is 5.82 Å². The number of nitrogens with zero attached hydrogens (tertiary/aromatic N) is 2. The number of aryl methyl sites for hydroxylation is 1. The van der Waals surface area contributed by atoms with Crippen LogP contribution >= 0.6 is 0 Å². The first-order valence-electron chi connectivity index (χ1n) is 6.10. The van der Waals surface area contributed by atoms with Crippen molar-refractivity contribution in [2.75, 3.05) is 6.54 Å². The third kappa shape index (κ3) is 2.77. The minimum Gasteiger partial charge on any atom is -0.472 e. The molecule has 1 N–H and O–H groups in total. The molecule has 2 aromatic heterocycles. The molecular formula is C13H19N3O. The van der Waals surface area contributed by atoms with Crippen LogP contribution in [0.2, 0.25) is 0 Å². The van der Waals surface area contributed by atoms with Crippen molar-refractivity contribution in [1.29, 1.82) is 0 Å². The monoisotopic (exact) mass is 233 g/mol. The van der Waals surface area contributed by atoms with Crippen LogP contribution in [0, 0.1) is 0 Å². The fourth-order valence-corrected chi connectivity index (χ4v) is 2.03. The predicted molar refractivity (Wildman–Crippen MR) is 66.7 cm³/mol. The van der Waals surface area contributed by atoms with Crippen LogP contribution in [-0.4, -0.2) is 16.1 Å². The highest BCUT2D eigenvalue weighted by Crippen LogP contribution is 2.18. The van der Waals surface area contributed by atoms with Gasteiger partial charge in [-0.3, -0.25) is 0 Å². The Morgan fingerprint density at radius 1 is 1.47 bits per heavy atom. The first-order valence-corrected chi connectivity index (χ1v) is 6.10. The van der Waals surface area contributed by atoms with E-state index in [2.05, 4.69) is 28.7 Å². The first-order chi connectivity index (χ1) is 8.35. The molecule has 2 rings (SSSR count). The molecule has 0 aliphatic carbocycles. The van der Waals surface area contributed by atoms with Gasteiger partial charge in [-0.25, -0.2) is 4.98 Å². The van der Waals surface area contributed by atoms with Crippen LogP contribution in [0.4, 0.5) is 0 Å². The topological polar surface area (TPSA) is 43.0 Å². The predicted octanol–water partition coefficient (Wildman–Crippen LogP) is 2.39. The standard InChI is InChI=1S/C13H19N3O/c1-3-14-12(11-5-8-17-10-11)9-13-15-6-7-16(13)4-2/h5-8,10,12,14H,3-4,9H2,1-2H3. The van der Waals surface area contributed by atoms with Gasteiger partial charge < -0.3 is 14.3 Å². The maximum atomic E-state index is 5.15. The molecule has 0 saturated heterocycles. The Balaban J connectivity index is 2.13. The summed E-state index contributed by atoms with van der Waals surface area (Å²) in [7, 11) is 0. The lowest BCUT2D eigenvalue weighted by Crippen LogP contribution is -2.23. The van der Waals surface area contributed by atoms with Gasteiger partial charge in [0.25, 0.3) is 0 Å². The van der Waals surface area contributed by atoms with Crippen molar-refractivity contribution >= 4 is 0 Å². The minimum atomic E-state index is 0.270. The minimum absolute atomic E-state index is 0.270. The molecule has 1 atom stereocenters. The SMILES string of the molecule is CCNC(Cc1nccn1CC)c1ccoc1. The zero-order chi connectivity index (χ0) is 12.1. The van der Waals surface area contributed by atoms with Crippen molar-refractivity contribution < 1.29 is 4.42 Å². The van der Waals surface area contributed by atoms with Gasteiger partial charge in [0.05, 0.1) is 12.5 Å². The summed E-state index contributed by atoms with van der Waals surface area (Å²) in [6.07, 6.45) is 8.28. The summed E-state index contributed by atoms with van der Waals surface area (Å²) in [5.74, 6) is 1.11. The molecule has 4 nitrogen and oxygen atoms in total. The lowest BCUT2D eigenvalue weighted by Gasteiger charge is -2.16. The average molecular weight is 233 g/mol. The average Bonchev–Trinajstić information content (AvgIpc) is 2.99. The van der Waals surface area contributed by atoms with E-state index < -0.39 is 0 Å². The summed E-state index contributed by atoms with van der Waals surface area (Å²) < 4.78 is 7.32. The van der Waals surface area contributed by atoms with E-state index in [9.17, 15) is 0 Å². The molecule has 1 unspecified atom stereocenters. The van der Waals surface area contributed by atoms with Crippen molar-refractivity contribution in [3.05, 3.63) is 42.4 Å². The highest BCUT2D eigenvalue weighted by Gasteiger charge is 2.14. The van der Waals surface area contributed by atoms with Crippen molar-refractivity contribution in [1.82, 2.24) is 14.9 Å². The normalized spacial score (nSPS) is 12.8.